The van der Waals surface area contributed by atoms with Gasteiger partial charge in [-0.15, -0.1) is 0 Å². The second kappa shape index (κ2) is 8.10. The number of hydrogen-bond donors (Lipinski definition) is 2. The number of nitrogens with zero attached hydrogens (tertiary/aromatic N) is 1. The van der Waals surface area contributed by atoms with Crippen LogP contribution in [0.4, 0.5) is 0 Å². The average molecular weight is 327 g/mol. The van der Waals surface area contributed by atoms with E-state index in [1.54, 1.807) is 12.1 Å². The Hall–Kier alpha value is -2.89. The summed E-state index contributed by atoms with van der Waals surface area (Å²) in [6.45, 7) is 3.99. The maximum atomic E-state index is 12.2. The number of pyridine rings is 1. The first-order valence-electron chi connectivity index (χ1n) is 7.83. The summed E-state index contributed by atoms with van der Waals surface area (Å²) >= 11 is 0. The maximum absolute atomic E-state index is 12.2. The SMILES string of the molecule is CC(C)NC(=O)CCNC(=O)c1ccc(=O)n(-c2ccccc2)c1. The Kier molecular flexibility index (Phi) is 5.89. The van der Waals surface area contributed by atoms with Crippen LogP contribution in [0.3, 0.4) is 0 Å². The molecule has 2 rings (SSSR count). The molecule has 1 heterocycles. The van der Waals surface area contributed by atoms with Gasteiger partial charge in [-0.2, -0.15) is 0 Å². The van der Waals surface area contributed by atoms with Gasteiger partial charge < -0.3 is 10.6 Å². The third-order valence-electron chi connectivity index (χ3n) is 3.29. The number of carbonyl (C=O) groups is 2. The molecule has 24 heavy (non-hydrogen) atoms. The van der Waals surface area contributed by atoms with Crippen molar-refractivity contribution in [3.63, 3.8) is 0 Å². The summed E-state index contributed by atoms with van der Waals surface area (Å²) in [5.74, 6) is -0.434. The molecule has 0 saturated carbocycles. The smallest absolute Gasteiger partial charge is 0.255 e. The largest absolute Gasteiger partial charge is 0.354 e. The van der Waals surface area contributed by atoms with E-state index >= 15 is 0 Å². The molecule has 0 unspecified atom stereocenters. The van der Waals surface area contributed by atoms with Gasteiger partial charge >= 0.3 is 0 Å². The number of nitrogens with one attached hydrogen (secondary N) is 2. The third kappa shape index (κ3) is 4.81. The number of rotatable bonds is 6. The molecule has 0 aliphatic rings. The van der Waals surface area contributed by atoms with Gasteiger partial charge in [0, 0.05) is 37.0 Å². The monoisotopic (exact) mass is 327 g/mol. The first-order valence-corrected chi connectivity index (χ1v) is 7.83. The van der Waals surface area contributed by atoms with E-state index in [0.29, 0.717) is 11.3 Å². The number of amides is 2. The van der Waals surface area contributed by atoms with Gasteiger partial charge in [0.15, 0.2) is 0 Å². The lowest BCUT2D eigenvalue weighted by molar-refractivity contribution is -0.121. The van der Waals surface area contributed by atoms with Crippen molar-refractivity contribution in [3.05, 3.63) is 64.6 Å². The summed E-state index contributed by atoms with van der Waals surface area (Å²) in [4.78, 5) is 35.7. The van der Waals surface area contributed by atoms with Crippen LogP contribution in [0.1, 0.15) is 30.6 Å². The predicted molar refractivity (Wildman–Crippen MR) is 92.3 cm³/mol. The minimum atomic E-state index is -0.322. The van der Waals surface area contributed by atoms with Gasteiger partial charge in [-0.1, -0.05) is 18.2 Å². The minimum absolute atomic E-state index is 0.0719. The Bertz CT molecular complexity index is 767. The van der Waals surface area contributed by atoms with Gasteiger partial charge in [0.05, 0.1) is 5.56 Å². The fourth-order valence-corrected chi connectivity index (χ4v) is 2.20. The number of carbonyl (C=O) groups excluding carboxylic acids is 2. The second-order valence-corrected chi connectivity index (χ2v) is 5.69. The molecule has 2 amide bonds. The molecule has 126 valence electrons. The Labute approximate surface area is 140 Å². The van der Waals surface area contributed by atoms with E-state index in [-0.39, 0.29) is 36.4 Å². The summed E-state index contributed by atoms with van der Waals surface area (Å²) in [6, 6.07) is 12.0. The fraction of sp³-hybridized carbons (Fsp3) is 0.278. The normalized spacial score (nSPS) is 10.5. The minimum Gasteiger partial charge on any atom is -0.354 e. The Morgan fingerprint density at radius 2 is 1.79 bits per heavy atom. The summed E-state index contributed by atoms with van der Waals surface area (Å²) in [5.41, 5.74) is 0.838. The number of benzene rings is 1. The third-order valence-corrected chi connectivity index (χ3v) is 3.29. The lowest BCUT2D eigenvalue weighted by Crippen LogP contribution is -2.34. The van der Waals surface area contributed by atoms with Gasteiger partial charge in [0.25, 0.3) is 11.5 Å². The van der Waals surface area contributed by atoms with E-state index in [0.717, 1.165) is 0 Å². The predicted octanol–water partition coefficient (Wildman–Crippen LogP) is 1.48. The first-order chi connectivity index (χ1) is 11.5. The van der Waals surface area contributed by atoms with Crippen LogP contribution in [0, 0.1) is 0 Å². The average Bonchev–Trinajstić information content (AvgIpc) is 2.55. The van der Waals surface area contributed by atoms with Crippen LogP contribution in [-0.4, -0.2) is 29.0 Å². The molecule has 6 heteroatoms. The van der Waals surface area contributed by atoms with Crippen molar-refractivity contribution >= 4 is 11.8 Å². The molecular formula is C18H21N3O3. The zero-order valence-corrected chi connectivity index (χ0v) is 13.8. The molecule has 0 atom stereocenters. The molecule has 0 radical (unpaired) electrons. The summed E-state index contributed by atoms with van der Waals surface area (Å²) in [7, 11) is 0. The Morgan fingerprint density at radius 3 is 2.46 bits per heavy atom. The van der Waals surface area contributed by atoms with Crippen LogP contribution < -0.4 is 16.2 Å². The fourth-order valence-electron chi connectivity index (χ4n) is 2.20. The molecule has 0 saturated heterocycles. The molecule has 0 bridgehead atoms. The van der Waals surface area contributed by atoms with Crippen molar-refractivity contribution in [3.8, 4) is 5.69 Å². The van der Waals surface area contributed by atoms with E-state index < -0.39 is 0 Å². The molecule has 0 aliphatic carbocycles. The van der Waals surface area contributed by atoms with Crippen LogP contribution in [0.2, 0.25) is 0 Å². The highest BCUT2D eigenvalue weighted by molar-refractivity contribution is 5.94. The molecule has 0 fully saturated rings. The van der Waals surface area contributed by atoms with Gasteiger partial charge in [-0.25, -0.2) is 0 Å². The highest BCUT2D eigenvalue weighted by Gasteiger charge is 2.09. The molecule has 2 N–H and O–H groups in total. The molecular weight excluding hydrogens is 306 g/mol. The number of hydrogen-bond acceptors (Lipinski definition) is 3. The lowest BCUT2D eigenvalue weighted by atomic mass is 10.2. The van der Waals surface area contributed by atoms with Crippen LogP contribution >= 0.6 is 0 Å². The van der Waals surface area contributed by atoms with Crippen LogP contribution in [0.15, 0.2) is 53.5 Å². The van der Waals surface area contributed by atoms with E-state index in [9.17, 15) is 14.4 Å². The Morgan fingerprint density at radius 1 is 1.08 bits per heavy atom. The zero-order valence-electron chi connectivity index (χ0n) is 13.8. The van der Waals surface area contributed by atoms with Gasteiger partial charge in [0.1, 0.15) is 0 Å². The van der Waals surface area contributed by atoms with Crippen molar-refractivity contribution in [2.24, 2.45) is 0 Å². The number of aromatic nitrogens is 1. The van der Waals surface area contributed by atoms with E-state index in [1.807, 2.05) is 32.0 Å². The molecule has 6 nitrogen and oxygen atoms in total. The summed E-state index contributed by atoms with van der Waals surface area (Å²) in [5, 5.41) is 5.44. The molecule has 1 aromatic heterocycles. The van der Waals surface area contributed by atoms with Crippen LogP contribution in [0.25, 0.3) is 5.69 Å². The van der Waals surface area contributed by atoms with Gasteiger partial charge in [-0.3, -0.25) is 19.0 Å². The topological polar surface area (TPSA) is 80.2 Å². The van der Waals surface area contributed by atoms with Crippen LogP contribution in [0.5, 0.6) is 0 Å². The summed E-state index contributed by atoms with van der Waals surface area (Å²) < 4.78 is 1.42. The molecule has 1 aromatic carbocycles. The molecule has 2 aromatic rings. The first kappa shape index (κ1) is 17.5. The Balaban J connectivity index is 2.03. The summed E-state index contributed by atoms with van der Waals surface area (Å²) in [6.07, 6.45) is 1.71. The highest BCUT2D eigenvalue weighted by atomic mass is 16.2. The van der Waals surface area contributed by atoms with Gasteiger partial charge in [-0.05, 0) is 32.0 Å². The van der Waals surface area contributed by atoms with E-state index in [2.05, 4.69) is 10.6 Å². The van der Waals surface area contributed by atoms with Crippen molar-refractivity contribution in [2.75, 3.05) is 6.54 Å². The molecule has 0 spiro atoms. The van der Waals surface area contributed by atoms with Crippen molar-refractivity contribution in [2.45, 2.75) is 26.3 Å². The van der Waals surface area contributed by atoms with E-state index in [4.69, 9.17) is 0 Å². The number of para-hydroxylation sites is 1. The molecule has 0 aliphatic heterocycles. The second-order valence-electron chi connectivity index (χ2n) is 5.69. The lowest BCUT2D eigenvalue weighted by Gasteiger charge is -2.10. The van der Waals surface area contributed by atoms with Crippen LogP contribution in [-0.2, 0) is 4.79 Å². The zero-order chi connectivity index (χ0) is 17.5. The maximum Gasteiger partial charge on any atom is 0.255 e. The quantitative estimate of drug-likeness (QED) is 0.843. The van der Waals surface area contributed by atoms with Gasteiger partial charge in [0.2, 0.25) is 5.91 Å². The van der Waals surface area contributed by atoms with E-state index in [1.165, 1.54) is 22.9 Å². The standard InChI is InChI=1S/C18H21N3O3/c1-13(2)20-16(22)10-11-19-18(24)14-8-9-17(23)21(12-14)15-6-4-3-5-7-15/h3-9,12-13H,10-11H2,1-2H3,(H,19,24)(H,20,22). The highest BCUT2D eigenvalue weighted by Crippen LogP contribution is 2.05. The van der Waals surface area contributed by atoms with Crippen molar-refractivity contribution in [1.82, 2.24) is 15.2 Å². The van der Waals surface area contributed by atoms with Crippen molar-refractivity contribution < 1.29 is 9.59 Å². The van der Waals surface area contributed by atoms with Crippen molar-refractivity contribution in [1.29, 1.82) is 0 Å².